The van der Waals surface area contributed by atoms with Gasteiger partial charge in [-0.05, 0) is 85.7 Å². The summed E-state index contributed by atoms with van der Waals surface area (Å²) in [6, 6.07) is 3.15. The van der Waals surface area contributed by atoms with Crippen molar-refractivity contribution < 1.29 is 28.6 Å². The molecule has 32 heavy (non-hydrogen) atoms. The Morgan fingerprint density at radius 2 is 1.38 bits per heavy atom. The molecular formula is C25H48O6Si. The maximum absolute atomic E-state index is 10.9. The predicted molar refractivity (Wildman–Crippen MR) is 135 cm³/mol. The number of hydrogen-bond acceptors (Lipinski definition) is 6. The molecule has 0 N–H and O–H groups in total. The molecule has 1 unspecified atom stereocenters. The Morgan fingerprint density at radius 3 is 1.59 bits per heavy atom. The number of aldehydes is 1. The lowest BCUT2D eigenvalue weighted by Crippen LogP contribution is -2.41. The summed E-state index contributed by atoms with van der Waals surface area (Å²) in [6.45, 7) is 22.8. The summed E-state index contributed by atoms with van der Waals surface area (Å²) in [6.07, 6.45) is 4.38. The molecule has 0 fully saturated rings. The number of ketones is 1. The molecule has 0 aliphatic rings. The van der Waals surface area contributed by atoms with E-state index in [2.05, 4.69) is 20.8 Å². The van der Waals surface area contributed by atoms with E-state index in [9.17, 15) is 14.4 Å². The first kappa shape index (κ1) is 35.0. The minimum Gasteiger partial charge on any atom is -0.463 e. The molecule has 0 spiro atoms. The van der Waals surface area contributed by atoms with Crippen LogP contribution in [0.3, 0.4) is 0 Å². The Morgan fingerprint density at radius 1 is 0.906 bits per heavy atom. The Labute approximate surface area is 197 Å². The van der Waals surface area contributed by atoms with E-state index in [0.717, 1.165) is 35.6 Å². The third-order valence-electron chi connectivity index (χ3n) is 4.42. The van der Waals surface area contributed by atoms with Crippen LogP contribution < -0.4 is 0 Å². The molecule has 0 aromatic rings. The fourth-order valence-corrected chi connectivity index (χ4v) is 4.98. The van der Waals surface area contributed by atoms with Crippen LogP contribution in [0.4, 0.5) is 0 Å². The summed E-state index contributed by atoms with van der Waals surface area (Å²) in [5, 5.41) is 0. The smallest absolute Gasteiger partial charge is 0.302 e. The van der Waals surface area contributed by atoms with Crippen molar-refractivity contribution in [2.24, 2.45) is 0 Å². The lowest BCUT2D eigenvalue weighted by Gasteiger charge is -2.33. The lowest BCUT2D eigenvalue weighted by molar-refractivity contribution is -0.297. The van der Waals surface area contributed by atoms with Gasteiger partial charge < -0.3 is 4.74 Å². The highest BCUT2D eigenvalue weighted by Crippen LogP contribution is 2.27. The van der Waals surface area contributed by atoms with Crippen LogP contribution in [0.25, 0.3) is 0 Å². The molecule has 0 heterocycles. The average Bonchev–Trinajstić information content (AvgIpc) is 2.62. The molecule has 0 saturated carbocycles. The predicted octanol–water partition coefficient (Wildman–Crippen LogP) is 6.75. The maximum atomic E-state index is 10.9. The number of rotatable bonds is 11. The zero-order valence-electron chi connectivity index (χ0n) is 22.6. The third kappa shape index (κ3) is 23.1. The van der Waals surface area contributed by atoms with Crippen molar-refractivity contribution in [2.45, 2.75) is 119 Å². The first-order chi connectivity index (χ1) is 14.6. The first-order valence-corrected chi connectivity index (χ1v) is 13.9. The number of carbonyl (C=O) groups is 3. The number of ether oxygens (including phenoxy) is 1. The standard InChI is InChI=1S/C14H30O4Si.C6H10O.C5H8O/c1-8-19(9-2,10-3)18-17-14(6,7)11-12(4)16-13(5)15;1-5(2)4-6(3)7;1-5(2)3-4-6/h12H,8-11H2,1-7H3;4H,1-3H3;3-4H,1-2H3. The zero-order chi connectivity index (χ0) is 26.0. The van der Waals surface area contributed by atoms with Crippen LogP contribution in [0.2, 0.25) is 18.1 Å². The topological polar surface area (TPSA) is 78.9 Å². The molecule has 0 amide bonds. The van der Waals surface area contributed by atoms with Crippen molar-refractivity contribution in [2.75, 3.05) is 0 Å². The molecule has 0 rings (SSSR count). The average molecular weight is 473 g/mol. The summed E-state index contributed by atoms with van der Waals surface area (Å²) in [5.41, 5.74) is 1.66. The van der Waals surface area contributed by atoms with Crippen molar-refractivity contribution >= 4 is 26.4 Å². The van der Waals surface area contributed by atoms with E-state index in [4.69, 9.17) is 14.2 Å². The SMILES string of the molecule is CC(=O)C=C(C)C.CC(C)=CC=O.CC[Si](CC)(CC)OOC(C)(C)CC(C)OC(C)=O. The zero-order valence-corrected chi connectivity index (χ0v) is 23.6. The highest BCUT2D eigenvalue weighted by atomic mass is 28.4. The van der Waals surface area contributed by atoms with Gasteiger partial charge >= 0.3 is 5.97 Å². The molecule has 0 radical (unpaired) electrons. The summed E-state index contributed by atoms with van der Waals surface area (Å²) in [5.74, 6) is -0.136. The van der Waals surface area contributed by atoms with Gasteiger partial charge in [0.15, 0.2) is 5.78 Å². The first-order valence-electron chi connectivity index (χ1n) is 11.4. The fourth-order valence-electron chi connectivity index (χ4n) is 2.72. The van der Waals surface area contributed by atoms with Crippen molar-refractivity contribution in [1.29, 1.82) is 0 Å². The minimum absolute atomic E-state index is 0.125. The molecule has 0 saturated heterocycles. The number of hydrogen-bond donors (Lipinski definition) is 0. The van der Waals surface area contributed by atoms with Gasteiger partial charge in [0.25, 0.3) is 0 Å². The highest BCUT2D eigenvalue weighted by Gasteiger charge is 2.34. The molecule has 0 bridgehead atoms. The van der Waals surface area contributed by atoms with Crippen LogP contribution in [0.15, 0.2) is 23.3 Å². The van der Waals surface area contributed by atoms with Gasteiger partial charge in [-0.2, -0.15) is 0 Å². The molecule has 0 aromatic carbocycles. The Balaban J connectivity index is -0.000000527. The fraction of sp³-hybridized carbons (Fsp3) is 0.720. The molecule has 6 nitrogen and oxygen atoms in total. The highest BCUT2D eigenvalue weighted by molar-refractivity contribution is 6.73. The number of allylic oxidation sites excluding steroid dienone is 4. The maximum Gasteiger partial charge on any atom is 0.302 e. The van der Waals surface area contributed by atoms with Gasteiger partial charge in [0.2, 0.25) is 8.32 Å². The van der Waals surface area contributed by atoms with Gasteiger partial charge in [-0.25, -0.2) is 4.89 Å². The number of esters is 1. The number of carbonyl (C=O) groups excluding carboxylic acids is 3. The quantitative estimate of drug-likeness (QED) is 0.0826. The summed E-state index contributed by atoms with van der Waals surface area (Å²) in [7, 11) is -1.74. The summed E-state index contributed by atoms with van der Waals surface area (Å²) in [4.78, 5) is 36.3. The van der Waals surface area contributed by atoms with E-state index in [1.165, 1.54) is 13.0 Å². The monoisotopic (exact) mass is 472 g/mol. The molecule has 0 aromatic heterocycles. The van der Waals surface area contributed by atoms with E-state index in [1.807, 2.05) is 48.5 Å². The van der Waals surface area contributed by atoms with Crippen LogP contribution in [0, 0.1) is 0 Å². The van der Waals surface area contributed by atoms with Crippen molar-refractivity contribution in [3.63, 3.8) is 0 Å². The van der Waals surface area contributed by atoms with Gasteiger partial charge in [-0.3, -0.25) is 19.0 Å². The van der Waals surface area contributed by atoms with Gasteiger partial charge in [-0.15, -0.1) is 0 Å². The van der Waals surface area contributed by atoms with Crippen LogP contribution >= 0.6 is 0 Å². The van der Waals surface area contributed by atoms with Crippen molar-refractivity contribution in [1.82, 2.24) is 0 Å². The van der Waals surface area contributed by atoms with E-state index >= 15 is 0 Å². The second-order valence-corrected chi connectivity index (χ2v) is 13.7. The second-order valence-electron chi connectivity index (χ2n) is 9.01. The Bertz CT molecular complexity index is 587. The van der Waals surface area contributed by atoms with Crippen LogP contribution in [-0.4, -0.2) is 38.1 Å². The second kappa shape index (κ2) is 18.9. The molecule has 0 aliphatic heterocycles. The van der Waals surface area contributed by atoms with E-state index in [-0.39, 0.29) is 17.9 Å². The third-order valence-corrected chi connectivity index (χ3v) is 8.72. The van der Waals surface area contributed by atoms with Gasteiger partial charge in [0.1, 0.15) is 18.0 Å². The summed E-state index contributed by atoms with van der Waals surface area (Å²) >= 11 is 0. The van der Waals surface area contributed by atoms with Gasteiger partial charge in [-0.1, -0.05) is 31.9 Å². The Hall–Kier alpha value is -1.57. The Kier molecular flexibility index (Phi) is 20.7. The summed E-state index contributed by atoms with van der Waals surface area (Å²) < 4.78 is 11.0. The van der Waals surface area contributed by atoms with Crippen molar-refractivity contribution in [3.05, 3.63) is 23.3 Å². The molecule has 7 heteroatoms. The van der Waals surface area contributed by atoms with Crippen LogP contribution in [0.1, 0.15) is 89.5 Å². The molecule has 0 aliphatic carbocycles. The van der Waals surface area contributed by atoms with E-state index in [0.29, 0.717) is 6.42 Å². The van der Waals surface area contributed by atoms with Crippen LogP contribution in [0.5, 0.6) is 0 Å². The lowest BCUT2D eigenvalue weighted by atomic mass is 10.0. The van der Waals surface area contributed by atoms with Gasteiger partial charge in [0, 0.05) is 13.3 Å². The minimum atomic E-state index is -1.74. The van der Waals surface area contributed by atoms with Gasteiger partial charge in [0.05, 0.1) is 0 Å². The van der Waals surface area contributed by atoms with Crippen molar-refractivity contribution in [3.8, 4) is 0 Å². The normalized spacial score (nSPS) is 11.5. The van der Waals surface area contributed by atoms with E-state index in [1.54, 1.807) is 13.0 Å². The molecular weight excluding hydrogens is 424 g/mol. The largest absolute Gasteiger partial charge is 0.463 e. The molecule has 188 valence electrons. The molecule has 1 atom stereocenters. The van der Waals surface area contributed by atoms with Crippen LogP contribution in [-0.2, 0) is 28.6 Å². The van der Waals surface area contributed by atoms with E-state index < -0.39 is 13.9 Å².